The number of amides is 1. The number of allylic oxidation sites excluding steroid dienone is 2. The van der Waals surface area contributed by atoms with E-state index in [4.69, 9.17) is 4.74 Å². The van der Waals surface area contributed by atoms with Crippen LogP contribution in [0.15, 0.2) is 23.6 Å². The van der Waals surface area contributed by atoms with Crippen LogP contribution in [0, 0.1) is 11.8 Å². The van der Waals surface area contributed by atoms with Gasteiger partial charge in [-0.15, -0.1) is 0 Å². The number of carbonyl (C=O) groups is 1. The van der Waals surface area contributed by atoms with Gasteiger partial charge in [0, 0.05) is 6.54 Å². The number of morpholine rings is 1. The molecule has 4 heteroatoms. The number of piperazine rings is 1. The summed E-state index contributed by atoms with van der Waals surface area (Å²) in [5.74, 6) is 2.44. The van der Waals surface area contributed by atoms with Crippen LogP contribution in [0.2, 0.25) is 0 Å². The van der Waals surface area contributed by atoms with Crippen molar-refractivity contribution >= 4 is 5.91 Å². The Hall–Kier alpha value is -1.29. The van der Waals surface area contributed by atoms with Crippen LogP contribution in [0.5, 0.6) is 0 Å². The second-order valence-electron chi connectivity index (χ2n) is 5.43. The highest BCUT2D eigenvalue weighted by Gasteiger charge is 2.40. The lowest BCUT2D eigenvalue weighted by molar-refractivity contribution is -0.135. The Morgan fingerprint density at radius 1 is 1.29 bits per heavy atom. The molecule has 5 rings (SSSR count). The molecule has 3 fully saturated rings. The number of hydrogen-bond acceptors (Lipinski definition) is 3. The Morgan fingerprint density at radius 3 is 3.00 bits per heavy atom. The van der Waals surface area contributed by atoms with Gasteiger partial charge in [-0.25, -0.2) is 0 Å². The SMILES string of the molecule is O=C1CNCC2COC3=CC4CC(C=C3N12)C4. The lowest BCUT2D eigenvalue weighted by Crippen LogP contribution is -2.58. The van der Waals surface area contributed by atoms with Gasteiger partial charge in [0.15, 0.2) is 0 Å². The minimum Gasteiger partial charge on any atom is -0.490 e. The first-order valence-electron chi connectivity index (χ1n) is 6.41. The monoisotopic (exact) mass is 232 g/mol. The maximum Gasteiger partial charge on any atom is 0.241 e. The van der Waals surface area contributed by atoms with Crippen LogP contribution in [-0.2, 0) is 9.53 Å². The highest BCUT2D eigenvalue weighted by Crippen LogP contribution is 2.43. The topological polar surface area (TPSA) is 41.6 Å². The summed E-state index contributed by atoms with van der Waals surface area (Å²) < 4.78 is 5.84. The molecule has 1 saturated carbocycles. The zero-order valence-electron chi connectivity index (χ0n) is 9.69. The summed E-state index contributed by atoms with van der Waals surface area (Å²) in [6, 6.07) is 0.176. The molecule has 1 N–H and O–H groups in total. The summed E-state index contributed by atoms with van der Waals surface area (Å²) in [4.78, 5) is 14.0. The van der Waals surface area contributed by atoms with Gasteiger partial charge in [0.1, 0.15) is 12.4 Å². The highest BCUT2D eigenvalue weighted by atomic mass is 16.5. The van der Waals surface area contributed by atoms with Crippen molar-refractivity contribution in [1.29, 1.82) is 0 Å². The first-order valence-corrected chi connectivity index (χ1v) is 6.41. The third kappa shape index (κ3) is 1.37. The second kappa shape index (κ2) is 3.35. The first kappa shape index (κ1) is 9.71. The molecule has 0 spiro atoms. The van der Waals surface area contributed by atoms with Gasteiger partial charge >= 0.3 is 0 Å². The van der Waals surface area contributed by atoms with E-state index >= 15 is 0 Å². The molecule has 0 aromatic rings. The van der Waals surface area contributed by atoms with Gasteiger partial charge in [0.05, 0.1) is 18.3 Å². The van der Waals surface area contributed by atoms with E-state index in [2.05, 4.69) is 17.5 Å². The van der Waals surface area contributed by atoms with E-state index in [-0.39, 0.29) is 11.9 Å². The summed E-state index contributed by atoms with van der Waals surface area (Å²) in [6.07, 6.45) is 6.92. The van der Waals surface area contributed by atoms with E-state index in [9.17, 15) is 4.79 Å². The maximum atomic E-state index is 12.1. The van der Waals surface area contributed by atoms with Crippen LogP contribution < -0.4 is 5.32 Å². The number of ether oxygens (including phenoxy) is 1. The molecule has 0 aromatic heterocycles. The van der Waals surface area contributed by atoms with Gasteiger partial charge in [-0.1, -0.05) is 6.08 Å². The lowest BCUT2D eigenvalue weighted by Gasteiger charge is -2.41. The lowest BCUT2D eigenvalue weighted by atomic mass is 9.76. The smallest absolute Gasteiger partial charge is 0.241 e. The van der Waals surface area contributed by atoms with Crippen LogP contribution in [0.3, 0.4) is 0 Å². The van der Waals surface area contributed by atoms with Gasteiger partial charge in [-0.05, 0) is 30.8 Å². The van der Waals surface area contributed by atoms with Crippen molar-refractivity contribution in [2.75, 3.05) is 19.7 Å². The molecule has 1 unspecified atom stereocenters. The first-order chi connectivity index (χ1) is 8.31. The summed E-state index contributed by atoms with van der Waals surface area (Å²) >= 11 is 0. The third-order valence-corrected chi connectivity index (χ3v) is 4.22. The van der Waals surface area contributed by atoms with Crippen molar-refractivity contribution in [2.24, 2.45) is 11.8 Å². The minimum atomic E-state index is 0.176. The number of nitrogens with one attached hydrogen (secondary N) is 1. The Bertz CT molecular complexity index is 435. The van der Waals surface area contributed by atoms with Crippen LogP contribution in [-0.4, -0.2) is 36.5 Å². The molecular formula is C13H16N2O2. The number of carbonyl (C=O) groups excluding carboxylic acids is 1. The molecule has 0 radical (unpaired) electrons. The van der Waals surface area contributed by atoms with E-state index < -0.39 is 0 Å². The third-order valence-electron chi connectivity index (χ3n) is 4.22. The number of hydrogen-bond donors (Lipinski definition) is 1. The summed E-state index contributed by atoms with van der Waals surface area (Å²) in [5, 5.41) is 3.15. The molecule has 4 nitrogen and oxygen atoms in total. The molecule has 17 heavy (non-hydrogen) atoms. The zero-order chi connectivity index (χ0) is 11.4. The van der Waals surface area contributed by atoms with Crippen molar-refractivity contribution in [3.05, 3.63) is 23.6 Å². The Labute approximate surface area is 100 Å². The van der Waals surface area contributed by atoms with Gasteiger partial charge in [-0.3, -0.25) is 4.79 Å². The minimum absolute atomic E-state index is 0.176. The molecule has 0 aromatic carbocycles. The van der Waals surface area contributed by atoms with Gasteiger partial charge in [0.2, 0.25) is 5.91 Å². The standard InChI is InChI=1S/C13H16N2O2/c16-13-6-14-5-10-7-17-12-4-9-1-8(2-9)3-11(12)15(10)13/h3-4,8-10,14H,1-2,5-7H2. The molecule has 2 aliphatic heterocycles. The quantitative estimate of drug-likeness (QED) is 0.666. The normalized spacial score (nSPS) is 38.9. The highest BCUT2D eigenvalue weighted by molar-refractivity contribution is 5.82. The predicted molar refractivity (Wildman–Crippen MR) is 61.8 cm³/mol. The fourth-order valence-electron chi connectivity index (χ4n) is 3.28. The fraction of sp³-hybridized carbons (Fsp3) is 0.615. The largest absolute Gasteiger partial charge is 0.490 e. The van der Waals surface area contributed by atoms with Crippen molar-refractivity contribution in [3.8, 4) is 0 Å². The maximum absolute atomic E-state index is 12.1. The second-order valence-corrected chi connectivity index (χ2v) is 5.43. The van der Waals surface area contributed by atoms with E-state index in [0.717, 1.165) is 18.0 Å². The Balaban J connectivity index is 1.76. The van der Waals surface area contributed by atoms with Crippen LogP contribution in [0.25, 0.3) is 0 Å². The molecule has 2 bridgehead atoms. The molecular weight excluding hydrogens is 216 g/mol. The fourth-order valence-corrected chi connectivity index (χ4v) is 3.28. The molecule has 3 aliphatic carbocycles. The molecule has 2 saturated heterocycles. The predicted octanol–water partition coefficient (Wildman–Crippen LogP) is 0.625. The molecule has 90 valence electrons. The summed E-state index contributed by atoms with van der Waals surface area (Å²) in [7, 11) is 0. The average molecular weight is 232 g/mol. The van der Waals surface area contributed by atoms with Gasteiger partial charge in [0.25, 0.3) is 0 Å². The molecule has 5 aliphatic rings. The van der Waals surface area contributed by atoms with Crippen LogP contribution in [0.1, 0.15) is 12.8 Å². The van der Waals surface area contributed by atoms with Gasteiger partial charge in [-0.2, -0.15) is 0 Å². The average Bonchev–Trinajstić information content (AvgIpc) is 2.56. The number of nitrogens with zero attached hydrogens (tertiary/aromatic N) is 1. The van der Waals surface area contributed by atoms with Crippen molar-refractivity contribution in [3.63, 3.8) is 0 Å². The van der Waals surface area contributed by atoms with E-state index in [1.807, 2.05) is 4.90 Å². The van der Waals surface area contributed by atoms with E-state index in [1.165, 1.54) is 12.8 Å². The number of rotatable bonds is 0. The van der Waals surface area contributed by atoms with Crippen molar-refractivity contribution in [2.45, 2.75) is 18.9 Å². The summed E-state index contributed by atoms with van der Waals surface area (Å²) in [6.45, 7) is 1.92. The molecule has 2 heterocycles. The van der Waals surface area contributed by atoms with E-state index in [1.54, 1.807) is 0 Å². The Morgan fingerprint density at radius 2 is 2.12 bits per heavy atom. The van der Waals surface area contributed by atoms with Gasteiger partial charge < -0.3 is 15.0 Å². The Kier molecular flexibility index (Phi) is 1.92. The summed E-state index contributed by atoms with van der Waals surface area (Å²) in [5.41, 5.74) is 1.04. The van der Waals surface area contributed by atoms with Crippen molar-refractivity contribution < 1.29 is 9.53 Å². The molecule has 1 atom stereocenters. The van der Waals surface area contributed by atoms with E-state index in [0.29, 0.717) is 25.0 Å². The number of fused-ring (bicyclic) bond motifs is 1. The zero-order valence-corrected chi connectivity index (χ0v) is 9.69. The van der Waals surface area contributed by atoms with Crippen LogP contribution >= 0.6 is 0 Å². The van der Waals surface area contributed by atoms with Crippen LogP contribution in [0.4, 0.5) is 0 Å². The molecule has 1 amide bonds. The van der Waals surface area contributed by atoms with Crippen molar-refractivity contribution in [1.82, 2.24) is 10.2 Å².